The summed E-state index contributed by atoms with van der Waals surface area (Å²) in [4.78, 5) is 25.5. The van der Waals surface area contributed by atoms with Gasteiger partial charge in [-0.25, -0.2) is 0 Å². The van der Waals surface area contributed by atoms with Crippen molar-refractivity contribution in [3.05, 3.63) is 59.2 Å². The summed E-state index contributed by atoms with van der Waals surface area (Å²) in [5.41, 5.74) is 3.42. The van der Waals surface area contributed by atoms with E-state index in [-0.39, 0.29) is 17.9 Å². The Morgan fingerprint density at radius 3 is 2.77 bits per heavy atom. The number of aryl methyl sites for hydroxylation is 1. The highest BCUT2D eigenvalue weighted by atomic mass is 16.5. The van der Waals surface area contributed by atoms with Crippen LogP contribution in [0.5, 0.6) is 5.75 Å². The summed E-state index contributed by atoms with van der Waals surface area (Å²) in [5, 5.41) is 5.77. The molecular formula is C25H30N2O4. The Hall–Kier alpha value is -2.86. The van der Waals surface area contributed by atoms with E-state index in [0.717, 1.165) is 44.5 Å². The van der Waals surface area contributed by atoms with E-state index in [1.54, 1.807) is 31.2 Å². The second kappa shape index (κ2) is 9.96. The summed E-state index contributed by atoms with van der Waals surface area (Å²) in [6.07, 6.45) is 5.73. The number of carbonyl (C=O) groups is 2. The number of rotatable bonds is 7. The molecule has 6 heteroatoms. The van der Waals surface area contributed by atoms with Gasteiger partial charge in [0.05, 0.1) is 17.4 Å². The minimum Gasteiger partial charge on any atom is -0.481 e. The number of anilines is 1. The van der Waals surface area contributed by atoms with Crippen molar-refractivity contribution in [3.8, 4) is 5.75 Å². The van der Waals surface area contributed by atoms with Gasteiger partial charge in [-0.1, -0.05) is 24.3 Å². The number of benzene rings is 2. The maximum Gasteiger partial charge on any atom is 0.265 e. The molecule has 0 bridgehead atoms. The van der Waals surface area contributed by atoms with Crippen LogP contribution in [0.3, 0.4) is 0 Å². The molecule has 0 saturated carbocycles. The van der Waals surface area contributed by atoms with Crippen molar-refractivity contribution in [1.29, 1.82) is 0 Å². The van der Waals surface area contributed by atoms with Crippen LogP contribution in [0.4, 0.5) is 5.69 Å². The quantitative estimate of drug-likeness (QED) is 0.710. The van der Waals surface area contributed by atoms with Gasteiger partial charge in [0.2, 0.25) is 0 Å². The van der Waals surface area contributed by atoms with Crippen LogP contribution in [0, 0.1) is 0 Å². The van der Waals surface area contributed by atoms with Crippen LogP contribution in [0.15, 0.2) is 42.5 Å². The average molecular weight is 423 g/mol. The Bertz CT molecular complexity index is 937. The Labute approximate surface area is 183 Å². The first kappa shape index (κ1) is 21.4. The SMILES string of the molecule is CC(Oc1cccc2c1CCCC2)C(=O)Nc1ccccc1C(=O)NCC1CCCO1. The number of carbonyl (C=O) groups excluding carboxylic acids is 2. The lowest BCUT2D eigenvalue weighted by Crippen LogP contribution is -2.34. The number of para-hydroxylation sites is 1. The fourth-order valence-electron chi connectivity index (χ4n) is 4.23. The Balaban J connectivity index is 1.40. The second-order valence-corrected chi connectivity index (χ2v) is 8.24. The molecule has 2 N–H and O–H groups in total. The Morgan fingerprint density at radius 2 is 1.94 bits per heavy atom. The third-order valence-electron chi connectivity index (χ3n) is 5.97. The van der Waals surface area contributed by atoms with Crippen LogP contribution in [-0.2, 0) is 22.4 Å². The topological polar surface area (TPSA) is 76.7 Å². The van der Waals surface area contributed by atoms with E-state index < -0.39 is 6.10 Å². The van der Waals surface area contributed by atoms with Crippen LogP contribution < -0.4 is 15.4 Å². The van der Waals surface area contributed by atoms with Crippen LogP contribution in [0.1, 0.15) is 54.1 Å². The average Bonchev–Trinajstić information content (AvgIpc) is 3.32. The number of hydrogen-bond acceptors (Lipinski definition) is 4. The summed E-state index contributed by atoms with van der Waals surface area (Å²) >= 11 is 0. The highest BCUT2D eigenvalue weighted by Gasteiger charge is 2.22. The third kappa shape index (κ3) is 5.25. The number of nitrogens with one attached hydrogen (secondary N) is 2. The molecule has 164 valence electrons. The summed E-state index contributed by atoms with van der Waals surface area (Å²) < 4.78 is 11.6. The molecule has 0 spiro atoms. The fraction of sp³-hybridized carbons (Fsp3) is 0.440. The van der Waals surface area contributed by atoms with Gasteiger partial charge >= 0.3 is 0 Å². The molecule has 4 rings (SSSR count). The molecule has 6 nitrogen and oxygen atoms in total. The summed E-state index contributed by atoms with van der Waals surface area (Å²) in [5.74, 6) is 0.271. The van der Waals surface area contributed by atoms with Gasteiger partial charge in [-0.05, 0) is 74.8 Å². The third-order valence-corrected chi connectivity index (χ3v) is 5.97. The van der Waals surface area contributed by atoms with Crippen LogP contribution >= 0.6 is 0 Å². The zero-order valence-electron chi connectivity index (χ0n) is 18.0. The molecule has 2 atom stereocenters. The molecule has 2 unspecified atom stereocenters. The molecule has 1 heterocycles. The Morgan fingerprint density at radius 1 is 1.10 bits per heavy atom. The predicted octanol–water partition coefficient (Wildman–Crippen LogP) is 3.88. The van der Waals surface area contributed by atoms with Crippen LogP contribution in [0.25, 0.3) is 0 Å². The van der Waals surface area contributed by atoms with Gasteiger partial charge in [0, 0.05) is 13.2 Å². The van der Waals surface area contributed by atoms with E-state index in [1.807, 2.05) is 12.1 Å². The maximum absolute atomic E-state index is 12.8. The van der Waals surface area contributed by atoms with Gasteiger partial charge in [-0.2, -0.15) is 0 Å². The van der Waals surface area contributed by atoms with Gasteiger partial charge in [0.25, 0.3) is 11.8 Å². The molecule has 1 saturated heterocycles. The fourth-order valence-corrected chi connectivity index (χ4v) is 4.23. The van der Waals surface area contributed by atoms with Crippen molar-refractivity contribution in [2.45, 2.75) is 57.7 Å². The molecule has 0 radical (unpaired) electrons. The molecule has 1 aliphatic heterocycles. The first-order valence-corrected chi connectivity index (χ1v) is 11.2. The molecule has 0 aromatic heterocycles. The van der Waals surface area contributed by atoms with Crippen molar-refractivity contribution < 1.29 is 19.1 Å². The molecule has 31 heavy (non-hydrogen) atoms. The van der Waals surface area contributed by atoms with Gasteiger partial charge in [0.15, 0.2) is 6.10 Å². The second-order valence-electron chi connectivity index (χ2n) is 8.24. The number of ether oxygens (including phenoxy) is 2. The minimum atomic E-state index is -0.684. The van der Waals surface area contributed by atoms with E-state index in [0.29, 0.717) is 17.8 Å². The van der Waals surface area contributed by atoms with Crippen LogP contribution in [0.2, 0.25) is 0 Å². The largest absolute Gasteiger partial charge is 0.481 e. The van der Waals surface area contributed by atoms with Gasteiger partial charge in [0.1, 0.15) is 5.75 Å². The smallest absolute Gasteiger partial charge is 0.265 e. The highest BCUT2D eigenvalue weighted by Crippen LogP contribution is 2.30. The zero-order valence-corrected chi connectivity index (χ0v) is 18.0. The molecule has 2 aromatic carbocycles. The van der Waals surface area contributed by atoms with E-state index in [4.69, 9.17) is 9.47 Å². The molecule has 2 aliphatic rings. The monoisotopic (exact) mass is 422 g/mol. The van der Waals surface area contributed by atoms with Gasteiger partial charge < -0.3 is 20.1 Å². The standard InChI is InChI=1S/C25H30N2O4/c1-17(31-23-14-6-9-18-8-2-3-11-20(18)23)24(28)27-22-13-5-4-12-21(22)25(29)26-16-19-10-7-15-30-19/h4-6,9,12-14,17,19H,2-3,7-8,10-11,15-16H2,1H3,(H,26,29)(H,27,28). The predicted molar refractivity (Wildman–Crippen MR) is 120 cm³/mol. The molecule has 1 aliphatic carbocycles. The number of amides is 2. The first-order valence-electron chi connectivity index (χ1n) is 11.2. The van der Waals surface area contributed by atoms with E-state index in [1.165, 1.54) is 17.5 Å². The molecular weight excluding hydrogens is 392 g/mol. The van der Waals surface area contributed by atoms with Crippen molar-refractivity contribution in [2.75, 3.05) is 18.5 Å². The van der Waals surface area contributed by atoms with Gasteiger partial charge in [-0.3, -0.25) is 9.59 Å². The molecule has 2 amide bonds. The summed E-state index contributed by atoms with van der Waals surface area (Å²) in [7, 11) is 0. The van der Waals surface area contributed by atoms with Crippen molar-refractivity contribution in [1.82, 2.24) is 5.32 Å². The summed E-state index contributed by atoms with van der Waals surface area (Å²) in [6.45, 7) is 2.95. The van der Waals surface area contributed by atoms with Crippen molar-refractivity contribution >= 4 is 17.5 Å². The van der Waals surface area contributed by atoms with E-state index >= 15 is 0 Å². The zero-order chi connectivity index (χ0) is 21.6. The highest BCUT2D eigenvalue weighted by molar-refractivity contribution is 6.04. The lowest BCUT2D eigenvalue weighted by molar-refractivity contribution is -0.122. The lowest BCUT2D eigenvalue weighted by atomic mass is 9.91. The van der Waals surface area contributed by atoms with Crippen molar-refractivity contribution in [3.63, 3.8) is 0 Å². The van der Waals surface area contributed by atoms with Crippen molar-refractivity contribution in [2.24, 2.45) is 0 Å². The number of hydrogen-bond donors (Lipinski definition) is 2. The normalized spacial score (nSPS) is 18.7. The number of fused-ring (bicyclic) bond motifs is 1. The maximum atomic E-state index is 12.8. The minimum absolute atomic E-state index is 0.0657. The molecule has 2 aromatic rings. The first-order chi connectivity index (χ1) is 15.1. The van der Waals surface area contributed by atoms with E-state index in [9.17, 15) is 9.59 Å². The van der Waals surface area contributed by atoms with Gasteiger partial charge in [-0.15, -0.1) is 0 Å². The van der Waals surface area contributed by atoms with E-state index in [2.05, 4.69) is 16.7 Å². The summed E-state index contributed by atoms with van der Waals surface area (Å²) in [6, 6.07) is 13.1. The lowest BCUT2D eigenvalue weighted by Gasteiger charge is -2.22. The van der Waals surface area contributed by atoms with Crippen LogP contribution in [-0.4, -0.2) is 37.2 Å². The Kier molecular flexibility index (Phi) is 6.87. The molecule has 1 fully saturated rings.